The highest BCUT2D eigenvalue weighted by molar-refractivity contribution is 6.02. The Morgan fingerprint density at radius 1 is 1.27 bits per heavy atom. The van der Waals surface area contributed by atoms with E-state index in [1.807, 2.05) is 0 Å². The van der Waals surface area contributed by atoms with Crippen LogP contribution in [0.15, 0.2) is 34.1 Å². The van der Waals surface area contributed by atoms with E-state index in [2.05, 4.69) is 20.3 Å². The van der Waals surface area contributed by atoms with Crippen molar-refractivity contribution in [2.24, 2.45) is 4.99 Å². The Morgan fingerprint density at radius 3 is 2.53 bits per heavy atom. The molecular formula is C19H22N6O5. The summed E-state index contributed by atoms with van der Waals surface area (Å²) < 4.78 is 5.48. The number of carboxylic acid groups (broad SMARTS) is 1. The first-order valence-electron chi connectivity index (χ1n) is 9.07. The largest absolute Gasteiger partial charge is 0.478 e. The van der Waals surface area contributed by atoms with Gasteiger partial charge in [-0.05, 0) is 45.0 Å². The van der Waals surface area contributed by atoms with Crippen molar-refractivity contribution in [3.8, 4) is 0 Å². The highest BCUT2D eigenvalue weighted by Gasteiger charge is 2.26. The average Bonchev–Trinajstić information content (AvgIpc) is 2.65. The maximum Gasteiger partial charge on any atom is 0.415 e. The molecule has 0 saturated heterocycles. The van der Waals surface area contributed by atoms with E-state index in [0.717, 1.165) is 0 Å². The van der Waals surface area contributed by atoms with Crippen molar-refractivity contribution >= 4 is 40.9 Å². The third-order valence-corrected chi connectivity index (χ3v) is 4.02. The molecule has 3 rings (SSSR count). The number of aromatic amines is 1. The quantitative estimate of drug-likeness (QED) is 0.590. The van der Waals surface area contributed by atoms with Gasteiger partial charge in [0.15, 0.2) is 11.5 Å². The van der Waals surface area contributed by atoms with Crippen LogP contribution in [0.25, 0.3) is 0 Å². The van der Waals surface area contributed by atoms with Crippen LogP contribution < -0.4 is 21.5 Å². The summed E-state index contributed by atoms with van der Waals surface area (Å²) in [6.07, 6.45) is -0.636. The van der Waals surface area contributed by atoms with Crippen LogP contribution in [-0.4, -0.2) is 51.5 Å². The van der Waals surface area contributed by atoms with Crippen molar-refractivity contribution in [2.75, 3.05) is 29.0 Å². The number of ether oxygens (including phenoxy) is 1. The molecule has 5 N–H and O–H groups in total. The number of rotatable bonds is 4. The van der Waals surface area contributed by atoms with Gasteiger partial charge in [0.25, 0.3) is 5.56 Å². The second-order valence-corrected chi connectivity index (χ2v) is 7.60. The molecular weight excluding hydrogens is 392 g/mol. The molecule has 11 heteroatoms. The SMILES string of the molecule is CC(C)(C)OC(=O)N(CC1=Nc2c(nc(N)[nH]c2=O)NC1)c1ccc(C(=O)O)cc1. The van der Waals surface area contributed by atoms with Gasteiger partial charge in [-0.15, -0.1) is 0 Å². The molecule has 1 aromatic heterocycles. The van der Waals surface area contributed by atoms with E-state index in [4.69, 9.17) is 15.6 Å². The predicted octanol–water partition coefficient (Wildman–Crippen LogP) is 1.99. The summed E-state index contributed by atoms with van der Waals surface area (Å²) >= 11 is 0. The molecule has 1 amide bonds. The summed E-state index contributed by atoms with van der Waals surface area (Å²) in [6.45, 7) is 5.46. The minimum Gasteiger partial charge on any atom is -0.478 e. The van der Waals surface area contributed by atoms with Crippen LogP contribution in [0.2, 0.25) is 0 Å². The molecule has 0 saturated carbocycles. The molecule has 30 heavy (non-hydrogen) atoms. The Balaban J connectivity index is 1.94. The van der Waals surface area contributed by atoms with Crippen molar-refractivity contribution in [1.82, 2.24) is 9.97 Å². The molecule has 0 radical (unpaired) electrons. The monoisotopic (exact) mass is 414 g/mol. The second-order valence-electron chi connectivity index (χ2n) is 7.60. The third kappa shape index (κ3) is 4.74. The van der Waals surface area contributed by atoms with E-state index in [9.17, 15) is 14.4 Å². The maximum atomic E-state index is 12.8. The summed E-state index contributed by atoms with van der Waals surface area (Å²) in [5.41, 5.74) is 5.35. The molecule has 0 bridgehead atoms. The van der Waals surface area contributed by atoms with Crippen molar-refractivity contribution < 1.29 is 19.4 Å². The molecule has 11 nitrogen and oxygen atoms in total. The van der Waals surface area contributed by atoms with Crippen LogP contribution >= 0.6 is 0 Å². The van der Waals surface area contributed by atoms with E-state index in [1.54, 1.807) is 20.8 Å². The van der Waals surface area contributed by atoms with Gasteiger partial charge in [0.05, 0.1) is 24.4 Å². The summed E-state index contributed by atoms with van der Waals surface area (Å²) in [6, 6.07) is 5.80. The van der Waals surface area contributed by atoms with Crippen LogP contribution in [-0.2, 0) is 4.74 Å². The minimum absolute atomic E-state index is 0.0115. The van der Waals surface area contributed by atoms with Crippen LogP contribution in [0.5, 0.6) is 0 Å². The molecule has 1 aliphatic heterocycles. The number of aromatic nitrogens is 2. The number of carboxylic acids is 1. The fraction of sp³-hybridized carbons (Fsp3) is 0.316. The summed E-state index contributed by atoms with van der Waals surface area (Å²) in [5.74, 6) is -0.845. The molecule has 2 aromatic rings. The van der Waals surface area contributed by atoms with Gasteiger partial charge in [-0.2, -0.15) is 4.98 Å². The van der Waals surface area contributed by atoms with Gasteiger partial charge < -0.3 is 20.9 Å². The zero-order valence-corrected chi connectivity index (χ0v) is 16.7. The number of hydrogen-bond acceptors (Lipinski definition) is 8. The first kappa shape index (κ1) is 20.8. The number of hydrogen-bond donors (Lipinski definition) is 4. The molecule has 158 valence electrons. The number of anilines is 3. The number of H-pyrrole nitrogens is 1. The second kappa shape index (κ2) is 7.85. The van der Waals surface area contributed by atoms with E-state index < -0.39 is 23.2 Å². The normalized spacial score (nSPS) is 13.0. The minimum atomic E-state index is -1.08. The highest BCUT2D eigenvalue weighted by Crippen LogP contribution is 2.24. The molecule has 0 spiro atoms. The molecule has 1 aliphatic rings. The summed E-state index contributed by atoms with van der Waals surface area (Å²) in [5, 5.41) is 12.1. The van der Waals surface area contributed by atoms with E-state index in [1.165, 1.54) is 29.2 Å². The van der Waals surface area contributed by atoms with Crippen molar-refractivity contribution in [3.63, 3.8) is 0 Å². The van der Waals surface area contributed by atoms with Crippen molar-refractivity contribution in [2.45, 2.75) is 26.4 Å². The molecule has 2 heterocycles. The molecule has 0 fully saturated rings. The van der Waals surface area contributed by atoms with Gasteiger partial charge >= 0.3 is 12.1 Å². The van der Waals surface area contributed by atoms with E-state index in [0.29, 0.717) is 11.4 Å². The Kier molecular flexibility index (Phi) is 5.45. The van der Waals surface area contributed by atoms with Gasteiger partial charge in [-0.3, -0.25) is 14.7 Å². The number of nitrogens with zero attached hydrogens (tertiary/aromatic N) is 3. The van der Waals surface area contributed by atoms with Crippen LogP contribution in [0, 0.1) is 0 Å². The number of carbonyl (C=O) groups is 2. The van der Waals surface area contributed by atoms with E-state index >= 15 is 0 Å². The summed E-state index contributed by atoms with van der Waals surface area (Å²) in [4.78, 5) is 48.1. The lowest BCUT2D eigenvalue weighted by Crippen LogP contribution is -2.42. The fourth-order valence-corrected chi connectivity index (χ4v) is 2.73. The lowest BCUT2D eigenvalue weighted by molar-refractivity contribution is 0.0585. The van der Waals surface area contributed by atoms with Gasteiger partial charge in [0.1, 0.15) is 5.60 Å². The maximum absolute atomic E-state index is 12.8. The van der Waals surface area contributed by atoms with Gasteiger partial charge in [-0.25, -0.2) is 14.6 Å². The zero-order chi connectivity index (χ0) is 22.1. The number of nitrogens with two attached hydrogens (primary N) is 1. The molecule has 0 atom stereocenters. The number of benzene rings is 1. The number of nitrogens with one attached hydrogen (secondary N) is 2. The van der Waals surface area contributed by atoms with Crippen LogP contribution in [0.4, 0.5) is 27.9 Å². The third-order valence-electron chi connectivity index (χ3n) is 4.02. The van der Waals surface area contributed by atoms with Gasteiger partial charge in [0.2, 0.25) is 5.95 Å². The number of nitrogen functional groups attached to an aromatic ring is 1. The van der Waals surface area contributed by atoms with Gasteiger partial charge in [0, 0.05) is 5.69 Å². The lowest BCUT2D eigenvalue weighted by Gasteiger charge is -2.28. The average molecular weight is 414 g/mol. The number of carbonyl (C=O) groups excluding carboxylic acids is 1. The first-order chi connectivity index (χ1) is 14.0. The van der Waals surface area contributed by atoms with E-state index in [-0.39, 0.29) is 36.1 Å². The fourth-order valence-electron chi connectivity index (χ4n) is 2.73. The smallest absolute Gasteiger partial charge is 0.415 e. The van der Waals surface area contributed by atoms with Crippen LogP contribution in [0.3, 0.4) is 0 Å². The Labute approximate surface area is 171 Å². The Bertz CT molecular complexity index is 1070. The topological polar surface area (TPSA) is 163 Å². The molecule has 0 aliphatic carbocycles. The lowest BCUT2D eigenvalue weighted by atomic mass is 10.2. The summed E-state index contributed by atoms with van der Waals surface area (Å²) in [7, 11) is 0. The number of aromatic carboxylic acids is 1. The Hall–Kier alpha value is -3.89. The standard InChI is InChI=1S/C19H22N6O5/c1-19(2,3)30-18(29)25(12-6-4-10(5-7-12)16(27)28)9-11-8-21-14-13(22-11)15(26)24-17(20)23-14/h4-7H,8-9H2,1-3H3,(H,27,28)(H4,20,21,23,24,26). The molecule has 1 aromatic carbocycles. The predicted molar refractivity (Wildman–Crippen MR) is 112 cm³/mol. The highest BCUT2D eigenvalue weighted by atomic mass is 16.6. The number of amides is 1. The van der Waals surface area contributed by atoms with Crippen molar-refractivity contribution in [1.29, 1.82) is 0 Å². The van der Waals surface area contributed by atoms with Crippen LogP contribution in [0.1, 0.15) is 31.1 Å². The van der Waals surface area contributed by atoms with Crippen molar-refractivity contribution in [3.05, 3.63) is 40.2 Å². The zero-order valence-electron chi connectivity index (χ0n) is 16.7. The Morgan fingerprint density at radius 2 is 1.93 bits per heavy atom. The number of fused-ring (bicyclic) bond motifs is 1. The first-order valence-corrected chi connectivity index (χ1v) is 9.07. The molecule has 0 unspecified atom stereocenters. The number of aliphatic imine (C=N–C) groups is 1. The van der Waals surface area contributed by atoms with Gasteiger partial charge in [-0.1, -0.05) is 0 Å².